The fourth-order valence-corrected chi connectivity index (χ4v) is 3.06. The number of amides is 1. The van der Waals surface area contributed by atoms with E-state index in [9.17, 15) is 24.8 Å². The maximum absolute atomic E-state index is 12.7. The Morgan fingerprint density at radius 2 is 1.97 bits per heavy atom. The molecule has 0 radical (unpaired) electrons. The minimum atomic E-state index is -0.712. The van der Waals surface area contributed by atoms with Crippen LogP contribution in [0.25, 0.3) is 11.0 Å². The summed E-state index contributed by atoms with van der Waals surface area (Å²) >= 11 is 0. The number of phenolic OH excluding ortho intramolecular Hbond substituents is 1. The average Bonchev–Trinajstić information content (AvgIpc) is 2.72. The van der Waals surface area contributed by atoms with Crippen LogP contribution < -0.4 is 10.4 Å². The number of carbonyl (C=O) groups excluding carboxylic acids is 1. The number of methoxy groups -OCH3 is 1. The van der Waals surface area contributed by atoms with Crippen molar-refractivity contribution in [1.29, 1.82) is 0 Å². The van der Waals surface area contributed by atoms with Crippen LogP contribution in [0.15, 0.2) is 45.6 Å². The lowest BCUT2D eigenvalue weighted by molar-refractivity contribution is -0.384. The summed E-state index contributed by atoms with van der Waals surface area (Å²) in [4.78, 5) is 36.3. The highest BCUT2D eigenvalue weighted by Gasteiger charge is 2.20. The van der Waals surface area contributed by atoms with Gasteiger partial charge in [0, 0.05) is 56.8 Å². The molecule has 3 rings (SSSR count). The van der Waals surface area contributed by atoms with E-state index in [0.717, 1.165) is 0 Å². The van der Waals surface area contributed by atoms with Crippen LogP contribution in [0, 0.1) is 10.1 Å². The lowest BCUT2D eigenvalue weighted by Gasteiger charge is -2.14. The normalized spacial score (nSPS) is 10.8. The first-order valence-electron chi connectivity index (χ1n) is 9.14. The van der Waals surface area contributed by atoms with Crippen molar-refractivity contribution in [3.8, 4) is 11.5 Å². The third-order valence-corrected chi connectivity index (χ3v) is 4.55. The lowest BCUT2D eigenvalue weighted by Crippen LogP contribution is -2.25. The van der Waals surface area contributed by atoms with Crippen LogP contribution in [0.3, 0.4) is 0 Å². The van der Waals surface area contributed by atoms with E-state index in [0.29, 0.717) is 16.5 Å². The number of nitro benzene ring substituents is 1. The molecule has 10 nitrogen and oxygen atoms in total. The van der Waals surface area contributed by atoms with Crippen molar-refractivity contribution in [2.45, 2.75) is 13.0 Å². The van der Waals surface area contributed by atoms with Crippen molar-refractivity contribution in [2.24, 2.45) is 0 Å². The molecule has 3 aromatic rings. The van der Waals surface area contributed by atoms with Crippen molar-refractivity contribution < 1.29 is 28.7 Å². The molecular weight excluding hydrogens is 408 g/mol. The van der Waals surface area contributed by atoms with Gasteiger partial charge < -0.3 is 23.9 Å². The van der Waals surface area contributed by atoms with Gasteiger partial charge in [-0.05, 0) is 17.2 Å². The van der Waals surface area contributed by atoms with Crippen LogP contribution in [0.4, 0.5) is 10.5 Å². The molecule has 1 aromatic heterocycles. The van der Waals surface area contributed by atoms with Gasteiger partial charge in [0.2, 0.25) is 0 Å². The topological polar surface area (TPSA) is 132 Å². The maximum Gasteiger partial charge on any atom is 0.414 e. The Morgan fingerprint density at radius 3 is 2.61 bits per heavy atom. The summed E-state index contributed by atoms with van der Waals surface area (Å²) in [7, 11) is 4.42. The van der Waals surface area contributed by atoms with Gasteiger partial charge in [-0.2, -0.15) is 0 Å². The van der Waals surface area contributed by atoms with Gasteiger partial charge in [-0.3, -0.25) is 10.1 Å². The van der Waals surface area contributed by atoms with E-state index in [4.69, 9.17) is 13.9 Å². The molecule has 0 saturated carbocycles. The van der Waals surface area contributed by atoms with Crippen molar-refractivity contribution in [2.75, 3.05) is 21.2 Å². The molecule has 0 bridgehead atoms. The number of nitrogens with zero attached hydrogens (tertiary/aromatic N) is 2. The van der Waals surface area contributed by atoms with Gasteiger partial charge >= 0.3 is 11.7 Å². The van der Waals surface area contributed by atoms with Crippen LogP contribution >= 0.6 is 0 Å². The van der Waals surface area contributed by atoms with E-state index in [1.54, 1.807) is 6.07 Å². The van der Waals surface area contributed by atoms with Gasteiger partial charge in [-0.25, -0.2) is 9.59 Å². The third kappa shape index (κ3) is 4.64. The fraction of sp³-hybridized carbons (Fsp3) is 0.238. The second-order valence-electron chi connectivity index (χ2n) is 6.96. The van der Waals surface area contributed by atoms with E-state index in [1.165, 1.54) is 56.4 Å². The molecule has 1 heterocycles. The lowest BCUT2D eigenvalue weighted by atomic mass is 9.98. The van der Waals surface area contributed by atoms with Gasteiger partial charge in [0.25, 0.3) is 5.69 Å². The van der Waals surface area contributed by atoms with Crippen LogP contribution in [0.1, 0.15) is 16.7 Å². The predicted octanol–water partition coefficient (Wildman–Crippen LogP) is 3.20. The summed E-state index contributed by atoms with van der Waals surface area (Å²) in [6.07, 6.45) is -0.645. The average molecular weight is 428 g/mol. The Labute approximate surface area is 176 Å². The number of non-ortho nitro benzene ring substituents is 1. The Hall–Kier alpha value is -3.92. The van der Waals surface area contributed by atoms with Crippen LogP contribution in [-0.2, 0) is 17.8 Å². The number of ether oxygens (including phenoxy) is 2. The second-order valence-corrected chi connectivity index (χ2v) is 6.96. The van der Waals surface area contributed by atoms with Crippen LogP contribution in [0.5, 0.6) is 11.5 Å². The molecule has 0 aliphatic carbocycles. The molecule has 2 aromatic carbocycles. The molecule has 0 unspecified atom stereocenters. The molecule has 31 heavy (non-hydrogen) atoms. The molecule has 0 saturated heterocycles. The number of hydrogen-bond donors (Lipinski definition) is 1. The summed E-state index contributed by atoms with van der Waals surface area (Å²) < 4.78 is 15.7. The monoisotopic (exact) mass is 428 g/mol. The standard InChI is InChI=1S/C21H20N2O8/c1-22(2)21(26)31-19-10-18-14(9-17(19)24)16(11-29-3)15(20(25)30-18)8-12-5-4-6-13(7-12)23(27)28/h4-7,9-10,24H,8,11H2,1-3H3. The van der Waals surface area contributed by atoms with Crippen LogP contribution in [0.2, 0.25) is 0 Å². The quantitative estimate of drug-likeness (QED) is 0.360. The number of nitro groups is 1. The SMILES string of the molecule is COCc1c(Cc2cccc([N+](=O)[O-])c2)c(=O)oc2cc(OC(=O)N(C)C)c(O)cc12. The molecule has 0 aliphatic rings. The van der Waals surface area contributed by atoms with Gasteiger partial charge in [0.15, 0.2) is 11.5 Å². The van der Waals surface area contributed by atoms with Gasteiger partial charge in [-0.15, -0.1) is 0 Å². The minimum Gasteiger partial charge on any atom is -0.504 e. The number of benzene rings is 2. The zero-order valence-electron chi connectivity index (χ0n) is 17.1. The summed E-state index contributed by atoms with van der Waals surface area (Å²) in [5, 5.41) is 21.8. The fourth-order valence-electron chi connectivity index (χ4n) is 3.06. The molecule has 1 amide bonds. The van der Waals surface area contributed by atoms with Crippen LogP contribution in [-0.4, -0.2) is 42.2 Å². The molecule has 1 N–H and O–H groups in total. The number of fused-ring (bicyclic) bond motifs is 1. The van der Waals surface area contributed by atoms with Crippen molar-refractivity contribution in [1.82, 2.24) is 4.90 Å². The molecule has 10 heteroatoms. The zero-order valence-corrected chi connectivity index (χ0v) is 17.1. The van der Waals surface area contributed by atoms with E-state index in [2.05, 4.69) is 0 Å². The maximum atomic E-state index is 12.7. The molecular formula is C21H20N2O8. The van der Waals surface area contributed by atoms with Crippen molar-refractivity contribution in [3.63, 3.8) is 0 Å². The summed E-state index contributed by atoms with van der Waals surface area (Å²) in [6.45, 7) is 0.0304. The highest BCUT2D eigenvalue weighted by molar-refractivity contribution is 5.86. The highest BCUT2D eigenvalue weighted by atomic mass is 16.6. The first-order chi connectivity index (χ1) is 14.7. The number of phenols is 1. The molecule has 162 valence electrons. The summed E-state index contributed by atoms with van der Waals surface area (Å²) in [6, 6.07) is 8.50. The Bertz CT molecular complexity index is 1220. The number of hydrogen-bond acceptors (Lipinski definition) is 8. The van der Waals surface area contributed by atoms with E-state index >= 15 is 0 Å². The smallest absolute Gasteiger partial charge is 0.414 e. The second kappa shape index (κ2) is 8.84. The zero-order chi connectivity index (χ0) is 22.7. The molecule has 0 spiro atoms. The Kier molecular flexibility index (Phi) is 6.21. The van der Waals surface area contributed by atoms with Gasteiger partial charge in [0.05, 0.1) is 11.5 Å². The van der Waals surface area contributed by atoms with Crippen molar-refractivity contribution in [3.05, 3.63) is 73.6 Å². The summed E-state index contributed by atoms with van der Waals surface area (Å²) in [5.41, 5.74) is 0.578. The first-order valence-corrected chi connectivity index (χ1v) is 9.14. The van der Waals surface area contributed by atoms with E-state index < -0.39 is 16.6 Å². The van der Waals surface area contributed by atoms with Gasteiger partial charge in [-0.1, -0.05) is 12.1 Å². The number of aromatic hydroxyl groups is 1. The summed E-state index contributed by atoms with van der Waals surface area (Å²) in [5.74, 6) is -0.487. The Balaban J connectivity index is 2.12. The number of carbonyl (C=O) groups is 1. The molecule has 0 atom stereocenters. The number of rotatable bonds is 6. The first kappa shape index (κ1) is 21.8. The third-order valence-electron chi connectivity index (χ3n) is 4.55. The van der Waals surface area contributed by atoms with E-state index in [-0.39, 0.29) is 41.4 Å². The van der Waals surface area contributed by atoms with Crippen molar-refractivity contribution >= 4 is 22.7 Å². The van der Waals surface area contributed by atoms with E-state index in [1.807, 2.05) is 0 Å². The highest BCUT2D eigenvalue weighted by Crippen LogP contribution is 2.34. The molecule has 0 aliphatic heterocycles. The largest absolute Gasteiger partial charge is 0.504 e. The van der Waals surface area contributed by atoms with Gasteiger partial charge in [0.1, 0.15) is 5.58 Å². The Morgan fingerprint density at radius 1 is 1.23 bits per heavy atom. The minimum absolute atomic E-state index is 0.0304. The molecule has 0 fully saturated rings. The predicted molar refractivity (Wildman–Crippen MR) is 110 cm³/mol.